The number of nitriles is 1. The first-order valence-electron chi connectivity index (χ1n) is 5.81. The lowest BCUT2D eigenvalue weighted by Gasteiger charge is -2.22. The molecule has 0 radical (unpaired) electrons. The Labute approximate surface area is 96.9 Å². The van der Waals surface area contributed by atoms with Crippen molar-refractivity contribution in [2.45, 2.75) is 32.6 Å². The molecule has 2 nitrogen and oxygen atoms in total. The highest BCUT2D eigenvalue weighted by molar-refractivity contribution is 5.39. The van der Waals surface area contributed by atoms with Crippen LogP contribution in [-0.2, 0) is 0 Å². The Bertz CT molecular complexity index is 421. The van der Waals surface area contributed by atoms with Crippen LogP contribution in [0.3, 0.4) is 0 Å². The maximum atomic E-state index is 9.20. The monoisotopic (exact) mass is 215 g/mol. The Morgan fingerprint density at radius 1 is 1.50 bits per heavy atom. The zero-order valence-corrected chi connectivity index (χ0v) is 9.86. The lowest BCUT2D eigenvalue weighted by Crippen LogP contribution is -2.17. The number of hydrogen-bond acceptors (Lipinski definition) is 2. The second-order valence-electron chi connectivity index (χ2n) is 4.78. The highest BCUT2D eigenvalue weighted by Crippen LogP contribution is 2.41. The summed E-state index contributed by atoms with van der Waals surface area (Å²) in [5, 5.41) is 9.20. The second-order valence-corrected chi connectivity index (χ2v) is 4.78. The molecule has 84 valence electrons. The molecule has 16 heavy (non-hydrogen) atoms. The van der Waals surface area contributed by atoms with E-state index < -0.39 is 0 Å². The van der Waals surface area contributed by atoms with E-state index >= 15 is 0 Å². The third kappa shape index (κ3) is 1.90. The summed E-state index contributed by atoms with van der Waals surface area (Å²) in [6.07, 6.45) is 1.78. The molecule has 0 saturated heterocycles. The van der Waals surface area contributed by atoms with E-state index in [-0.39, 0.29) is 5.41 Å². The Morgan fingerprint density at radius 3 is 2.94 bits per heavy atom. The van der Waals surface area contributed by atoms with Gasteiger partial charge in [-0.15, -0.1) is 0 Å². The summed E-state index contributed by atoms with van der Waals surface area (Å²) in [6.45, 7) is 4.83. The number of fused-ring (bicyclic) bond motifs is 1. The first kappa shape index (κ1) is 11.0. The Hall–Kier alpha value is -1.49. The molecular weight excluding hydrogens is 198 g/mol. The normalized spacial score (nSPS) is 21.7. The van der Waals surface area contributed by atoms with E-state index in [0.717, 1.165) is 25.2 Å². The summed E-state index contributed by atoms with van der Waals surface area (Å²) < 4.78 is 5.64. The molecule has 1 heterocycles. The van der Waals surface area contributed by atoms with Gasteiger partial charge in [0.25, 0.3) is 0 Å². The fraction of sp³-hybridized carbons (Fsp3) is 0.500. The van der Waals surface area contributed by atoms with E-state index in [1.54, 1.807) is 0 Å². The van der Waals surface area contributed by atoms with Crippen molar-refractivity contribution in [3.05, 3.63) is 29.8 Å². The van der Waals surface area contributed by atoms with Gasteiger partial charge < -0.3 is 4.74 Å². The quantitative estimate of drug-likeness (QED) is 0.773. The summed E-state index contributed by atoms with van der Waals surface area (Å²) in [5.41, 5.74) is 1.03. The van der Waals surface area contributed by atoms with Crippen LogP contribution in [0.1, 0.15) is 38.2 Å². The van der Waals surface area contributed by atoms with Crippen molar-refractivity contribution in [2.24, 2.45) is 5.41 Å². The first-order valence-corrected chi connectivity index (χ1v) is 5.81. The highest BCUT2D eigenvalue weighted by atomic mass is 16.5. The second kappa shape index (κ2) is 4.17. The molecule has 0 amide bonds. The van der Waals surface area contributed by atoms with Crippen molar-refractivity contribution in [1.29, 1.82) is 5.26 Å². The summed E-state index contributed by atoms with van der Waals surface area (Å²) in [6, 6.07) is 10.6. The van der Waals surface area contributed by atoms with E-state index in [1.807, 2.05) is 25.1 Å². The summed E-state index contributed by atoms with van der Waals surface area (Å²) in [5.74, 6) is 1.37. The molecule has 2 rings (SSSR count). The van der Waals surface area contributed by atoms with Crippen molar-refractivity contribution in [2.75, 3.05) is 6.61 Å². The number of hydrogen-bond donors (Lipinski definition) is 0. The molecule has 1 aromatic rings. The molecular formula is C14H17NO. The van der Waals surface area contributed by atoms with Gasteiger partial charge in [0.05, 0.1) is 18.1 Å². The van der Waals surface area contributed by atoms with E-state index in [9.17, 15) is 5.26 Å². The fourth-order valence-electron chi connectivity index (χ4n) is 2.21. The first-order chi connectivity index (χ1) is 7.68. The molecule has 0 fully saturated rings. The fourth-order valence-corrected chi connectivity index (χ4v) is 2.21. The molecule has 2 atom stereocenters. The third-order valence-corrected chi connectivity index (χ3v) is 3.55. The Kier molecular flexibility index (Phi) is 2.87. The summed E-state index contributed by atoms with van der Waals surface area (Å²) in [7, 11) is 0. The van der Waals surface area contributed by atoms with Gasteiger partial charge in [-0.05, 0) is 25.8 Å². The van der Waals surface area contributed by atoms with Crippen LogP contribution in [0.5, 0.6) is 5.75 Å². The van der Waals surface area contributed by atoms with Gasteiger partial charge in [-0.2, -0.15) is 5.26 Å². The Balaban J connectivity index is 2.18. The standard InChI is InChI=1S/C14H17NO/c1-3-14(2,10-15)8-11-9-16-13-7-5-4-6-12(11)13/h4-7,11H,3,8-9H2,1-2H3. The molecule has 0 aliphatic carbocycles. The van der Waals surface area contributed by atoms with Crippen LogP contribution in [0.2, 0.25) is 0 Å². The Morgan fingerprint density at radius 2 is 2.25 bits per heavy atom. The molecule has 2 unspecified atom stereocenters. The van der Waals surface area contributed by atoms with Gasteiger partial charge in [-0.1, -0.05) is 25.1 Å². The third-order valence-electron chi connectivity index (χ3n) is 3.55. The predicted octanol–water partition coefficient (Wildman–Crippen LogP) is 3.49. The maximum absolute atomic E-state index is 9.20. The molecule has 1 aromatic carbocycles. The van der Waals surface area contributed by atoms with Crippen LogP contribution in [0, 0.1) is 16.7 Å². The van der Waals surface area contributed by atoms with E-state index in [4.69, 9.17) is 4.74 Å². The molecule has 0 aromatic heterocycles. The minimum Gasteiger partial charge on any atom is -0.493 e. The number of nitrogens with zero attached hydrogens (tertiary/aromatic N) is 1. The zero-order valence-electron chi connectivity index (χ0n) is 9.86. The van der Waals surface area contributed by atoms with Gasteiger partial charge >= 0.3 is 0 Å². The topological polar surface area (TPSA) is 33.0 Å². The minimum absolute atomic E-state index is 0.231. The minimum atomic E-state index is -0.231. The van der Waals surface area contributed by atoms with Crippen molar-refractivity contribution in [3.8, 4) is 11.8 Å². The van der Waals surface area contributed by atoms with E-state index in [1.165, 1.54) is 5.56 Å². The maximum Gasteiger partial charge on any atom is 0.122 e. The van der Waals surface area contributed by atoms with Crippen molar-refractivity contribution >= 4 is 0 Å². The number of rotatable bonds is 3. The van der Waals surface area contributed by atoms with E-state index in [2.05, 4.69) is 19.1 Å². The number of para-hydroxylation sites is 1. The summed E-state index contributed by atoms with van der Waals surface area (Å²) >= 11 is 0. The van der Waals surface area contributed by atoms with Crippen molar-refractivity contribution < 1.29 is 4.74 Å². The van der Waals surface area contributed by atoms with Crippen LogP contribution in [0.25, 0.3) is 0 Å². The zero-order chi connectivity index (χ0) is 11.6. The van der Waals surface area contributed by atoms with Gasteiger partial charge in [-0.3, -0.25) is 0 Å². The van der Waals surface area contributed by atoms with Crippen LogP contribution >= 0.6 is 0 Å². The molecule has 0 saturated carbocycles. The smallest absolute Gasteiger partial charge is 0.122 e. The number of benzene rings is 1. The highest BCUT2D eigenvalue weighted by Gasteiger charge is 2.32. The predicted molar refractivity (Wildman–Crippen MR) is 63.3 cm³/mol. The molecule has 0 spiro atoms. The van der Waals surface area contributed by atoms with Gasteiger partial charge in [0, 0.05) is 11.5 Å². The van der Waals surface area contributed by atoms with Crippen LogP contribution < -0.4 is 4.74 Å². The van der Waals surface area contributed by atoms with Crippen molar-refractivity contribution in [3.63, 3.8) is 0 Å². The number of ether oxygens (including phenoxy) is 1. The SMILES string of the molecule is CCC(C)(C#N)CC1COc2ccccc21. The average Bonchev–Trinajstić information content (AvgIpc) is 2.73. The van der Waals surface area contributed by atoms with Crippen LogP contribution in [0.4, 0.5) is 0 Å². The summed E-state index contributed by atoms with van der Waals surface area (Å²) in [4.78, 5) is 0. The molecule has 0 bridgehead atoms. The molecule has 2 heteroatoms. The van der Waals surface area contributed by atoms with Crippen LogP contribution in [-0.4, -0.2) is 6.61 Å². The molecule has 1 aliphatic heterocycles. The lowest BCUT2D eigenvalue weighted by molar-refractivity contribution is 0.282. The molecule has 1 aliphatic rings. The average molecular weight is 215 g/mol. The largest absolute Gasteiger partial charge is 0.493 e. The van der Waals surface area contributed by atoms with Gasteiger partial charge in [0.1, 0.15) is 5.75 Å². The van der Waals surface area contributed by atoms with Gasteiger partial charge in [0.2, 0.25) is 0 Å². The van der Waals surface area contributed by atoms with Crippen LogP contribution in [0.15, 0.2) is 24.3 Å². The van der Waals surface area contributed by atoms with Gasteiger partial charge in [0.15, 0.2) is 0 Å². The van der Waals surface area contributed by atoms with E-state index in [0.29, 0.717) is 5.92 Å². The molecule has 0 N–H and O–H groups in total. The lowest BCUT2D eigenvalue weighted by atomic mass is 9.78. The van der Waals surface area contributed by atoms with Gasteiger partial charge in [-0.25, -0.2) is 0 Å². The van der Waals surface area contributed by atoms with Crippen molar-refractivity contribution in [1.82, 2.24) is 0 Å².